The summed E-state index contributed by atoms with van der Waals surface area (Å²) in [7, 11) is 0. The van der Waals surface area contributed by atoms with Crippen LogP contribution in [0.1, 0.15) is 23.1 Å². The Bertz CT molecular complexity index is 575. The van der Waals surface area contributed by atoms with Gasteiger partial charge in [0.25, 0.3) is 0 Å². The van der Waals surface area contributed by atoms with Crippen LogP contribution in [0.15, 0.2) is 24.4 Å². The van der Waals surface area contributed by atoms with Crippen molar-refractivity contribution in [2.75, 3.05) is 6.61 Å². The average molecular weight is 246 g/mol. The third-order valence-corrected chi connectivity index (χ3v) is 2.56. The van der Waals surface area contributed by atoms with Crippen molar-refractivity contribution in [2.24, 2.45) is 0 Å². The minimum Gasteiger partial charge on any atom is -0.494 e. The van der Waals surface area contributed by atoms with Crippen LogP contribution in [-0.2, 0) is 0 Å². The Balaban J connectivity index is 2.33. The number of aromatic carboxylic acids is 1. The quantitative estimate of drug-likeness (QED) is 0.869. The maximum Gasteiger partial charge on any atom is 0.371 e. The lowest BCUT2D eigenvalue weighted by Crippen LogP contribution is -1.98. The summed E-state index contributed by atoms with van der Waals surface area (Å²) in [4.78, 5) is 17.3. The lowest BCUT2D eigenvalue weighted by molar-refractivity contribution is 0.0685. The first kappa shape index (κ1) is 12.2. The minimum absolute atomic E-state index is 0.0588. The van der Waals surface area contributed by atoms with Crippen LogP contribution < -0.4 is 4.74 Å². The predicted octanol–water partition coefficient (Wildman–Crippen LogP) is 2.48. The Hall–Kier alpha value is -2.30. The van der Waals surface area contributed by atoms with Crippen molar-refractivity contribution in [3.8, 4) is 17.0 Å². The van der Waals surface area contributed by atoms with Gasteiger partial charge in [-0.2, -0.15) is 0 Å². The van der Waals surface area contributed by atoms with Gasteiger partial charge in [-0.15, -0.1) is 0 Å². The zero-order valence-corrected chi connectivity index (χ0v) is 10.2. The third kappa shape index (κ3) is 2.34. The molecular weight excluding hydrogens is 232 g/mol. The van der Waals surface area contributed by atoms with E-state index in [1.54, 1.807) is 0 Å². The van der Waals surface area contributed by atoms with E-state index in [-0.39, 0.29) is 5.82 Å². The molecule has 0 atom stereocenters. The number of hydrogen-bond donors (Lipinski definition) is 2. The highest BCUT2D eigenvalue weighted by atomic mass is 16.5. The van der Waals surface area contributed by atoms with Crippen molar-refractivity contribution in [3.63, 3.8) is 0 Å². The maximum absolute atomic E-state index is 10.7. The van der Waals surface area contributed by atoms with Gasteiger partial charge in [0, 0.05) is 5.56 Å². The maximum atomic E-state index is 10.7. The van der Waals surface area contributed by atoms with E-state index in [1.807, 2.05) is 32.0 Å². The third-order valence-electron chi connectivity index (χ3n) is 2.56. The smallest absolute Gasteiger partial charge is 0.371 e. The Morgan fingerprint density at radius 2 is 2.28 bits per heavy atom. The van der Waals surface area contributed by atoms with Crippen LogP contribution >= 0.6 is 0 Å². The highest BCUT2D eigenvalue weighted by Crippen LogP contribution is 2.25. The molecule has 1 aromatic heterocycles. The molecule has 2 N–H and O–H groups in total. The van der Waals surface area contributed by atoms with Crippen molar-refractivity contribution in [1.82, 2.24) is 9.97 Å². The summed E-state index contributed by atoms with van der Waals surface area (Å²) < 4.78 is 5.45. The normalized spacial score (nSPS) is 10.3. The van der Waals surface area contributed by atoms with E-state index in [4.69, 9.17) is 9.84 Å². The fraction of sp³-hybridized carbons (Fsp3) is 0.231. The van der Waals surface area contributed by atoms with E-state index in [0.717, 1.165) is 16.9 Å². The molecule has 0 saturated carbocycles. The second kappa shape index (κ2) is 4.91. The van der Waals surface area contributed by atoms with Gasteiger partial charge in [0.15, 0.2) is 0 Å². The van der Waals surface area contributed by atoms with Crippen molar-refractivity contribution < 1.29 is 14.6 Å². The molecule has 1 aromatic carbocycles. The molecule has 0 aliphatic rings. The van der Waals surface area contributed by atoms with Gasteiger partial charge in [0.2, 0.25) is 5.82 Å². The molecule has 18 heavy (non-hydrogen) atoms. The van der Waals surface area contributed by atoms with Crippen LogP contribution in [0.3, 0.4) is 0 Å². The van der Waals surface area contributed by atoms with Gasteiger partial charge in [-0.3, -0.25) is 0 Å². The number of benzene rings is 1. The lowest BCUT2D eigenvalue weighted by Gasteiger charge is -2.08. The number of carboxylic acid groups (broad SMARTS) is 1. The number of nitrogens with one attached hydrogen (secondary N) is 1. The van der Waals surface area contributed by atoms with Crippen LogP contribution in [0.5, 0.6) is 5.75 Å². The van der Waals surface area contributed by atoms with Crippen LogP contribution in [0.4, 0.5) is 0 Å². The largest absolute Gasteiger partial charge is 0.494 e. The van der Waals surface area contributed by atoms with E-state index in [0.29, 0.717) is 12.3 Å². The molecule has 0 aliphatic carbocycles. The van der Waals surface area contributed by atoms with Gasteiger partial charge in [0.1, 0.15) is 5.75 Å². The Labute approximate surface area is 104 Å². The predicted molar refractivity (Wildman–Crippen MR) is 66.9 cm³/mol. The van der Waals surface area contributed by atoms with Crippen molar-refractivity contribution in [3.05, 3.63) is 35.8 Å². The first-order valence-electron chi connectivity index (χ1n) is 5.64. The monoisotopic (exact) mass is 246 g/mol. The first-order chi connectivity index (χ1) is 8.61. The first-order valence-corrected chi connectivity index (χ1v) is 5.64. The second-order valence-electron chi connectivity index (χ2n) is 3.86. The molecule has 2 aromatic rings. The van der Waals surface area contributed by atoms with Crippen LogP contribution in [0, 0.1) is 6.92 Å². The molecule has 0 radical (unpaired) electrons. The van der Waals surface area contributed by atoms with E-state index >= 15 is 0 Å². The van der Waals surface area contributed by atoms with Crippen LogP contribution in [-0.4, -0.2) is 27.7 Å². The summed E-state index contributed by atoms with van der Waals surface area (Å²) in [5.41, 5.74) is 2.57. The second-order valence-corrected chi connectivity index (χ2v) is 3.86. The van der Waals surface area contributed by atoms with E-state index in [9.17, 15) is 4.79 Å². The molecule has 0 fully saturated rings. The van der Waals surface area contributed by atoms with E-state index in [1.165, 1.54) is 6.20 Å². The highest BCUT2D eigenvalue weighted by molar-refractivity contribution is 5.84. The van der Waals surface area contributed by atoms with Gasteiger partial charge in [-0.05, 0) is 37.6 Å². The molecule has 5 heteroatoms. The standard InChI is InChI=1S/C13H14N2O3/c1-3-18-11-5-4-9(6-8(11)2)10-7-14-12(15-10)13(16)17/h4-7H,3H2,1-2H3,(H,14,15)(H,16,17). The van der Waals surface area contributed by atoms with Gasteiger partial charge in [-0.25, -0.2) is 9.78 Å². The molecule has 1 heterocycles. The fourth-order valence-corrected chi connectivity index (χ4v) is 1.71. The molecule has 0 spiro atoms. The number of carbonyl (C=O) groups is 1. The van der Waals surface area contributed by atoms with Crippen LogP contribution in [0.25, 0.3) is 11.3 Å². The average Bonchev–Trinajstić information content (AvgIpc) is 2.81. The number of ether oxygens (including phenoxy) is 1. The number of aromatic amines is 1. The summed E-state index contributed by atoms with van der Waals surface area (Å²) >= 11 is 0. The molecule has 5 nitrogen and oxygen atoms in total. The summed E-state index contributed by atoms with van der Waals surface area (Å²) in [5.74, 6) is -0.292. The SMILES string of the molecule is CCOc1ccc(-c2cnc(C(=O)O)[nH]2)cc1C. The molecule has 2 rings (SSSR count). The Morgan fingerprint density at radius 3 is 2.83 bits per heavy atom. The topological polar surface area (TPSA) is 75.2 Å². The van der Waals surface area contributed by atoms with Crippen LogP contribution in [0.2, 0.25) is 0 Å². The number of hydrogen-bond acceptors (Lipinski definition) is 3. The number of imidazole rings is 1. The minimum atomic E-state index is -1.07. The molecule has 0 amide bonds. The Kier molecular flexibility index (Phi) is 3.32. The molecule has 0 saturated heterocycles. The van der Waals surface area contributed by atoms with Gasteiger partial charge >= 0.3 is 5.97 Å². The molecule has 0 unspecified atom stereocenters. The number of carboxylic acids is 1. The van der Waals surface area contributed by atoms with E-state index < -0.39 is 5.97 Å². The number of aromatic nitrogens is 2. The summed E-state index contributed by atoms with van der Waals surface area (Å²) in [6.07, 6.45) is 1.51. The summed E-state index contributed by atoms with van der Waals surface area (Å²) in [5, 5.41) is 8.80. The van der Waals surface area contributed by atoms with Gasteiger partial charge in [-0.1, -0.05) is 0 Å². The molecular formula is C13H14N2O3. The van der Waals surface area contributed by atoms with Crippen molar-refractivity contribution >= 4 is 5.97 Å². The Morgan fingerprint density at radius 1 is 1.50 bits per heavy atom. The van der Waals surface area contributed by atoms with Crippen molar-refractivity contribution in [1.29, 1.82) is 0 Å². The molecule has 94 valence electrons. The fourth-order valence-electron chi connectivity index (χ4n) is 1.71. The number of nitrogens with zero attached hydrogens (tertiary/aromatic N) is 1. The van der Waals surface area contributed by atoms with Crippen molar-refractivity contribution in [2.45, 2.75) is 13.8 Å². The number of rotatable bonds is 4. The summed E-state index contributed by atoms with van der Waals surface area (Å²) in [6, 6.07) is 5.68. The number of aryl methyl sites for hydroxylation is 1. The van der Waals surface area contributed by atoms with E-state index in [2.05, 4.69) is 9.97 Å². The molecule has 0 bridgehead atoms. The van der Waals surface area contributed by atoms with Gasteiger partial charge < -0.3 is 14.8 Å². The summed E-state index contributed by atoms with van der Waals surface area (Å²) in [6.45, 7) is 4.50. The zero-order chi connectivity index (χ0) is 13.1. The zero-order valence-electron chi connectivity index (χ0n) is 10.2. The number of H-pyrrole nitrogens is 1. The highest BCUT2D eigenvalue weighted by Gasteiger charge is 2.10. The molecule has 0 aliphatic heterocycles. The van der Waals surface area contributed by atoms with Gasteiger partial charge in [0.05, 0.1) is 18.5 Å². The lowest BCUT2D eigenvalue weighted by atomic mass is 10.1.